The van der Waals surface area contributed by atoms with Gasteiger partial charge < -0.3 is 25.0 Å². The van der Waals surface area contributed by atoms with Gasteiger partial charge in [0.2, 0.25) is 17.1 Å². The maximum absolute atomic E-state index is 14.4. The number of carbonyl (C=O) groups excluding carboxylic acids is 3. The first-order chi connectivity index (χ1) is 39.5. The Morgan fingerprint density at radius 1 is 0.622 bits per heavy atom. The number of piperazine rings is 1. The van der Waals surface area contributed by atoms with Crippen LogP contribution in [0.2, 0.25) is 6.82 Å². The molecule has 0 bridgehead atoms. The van der Waals surface area contributed by atoms with E-state index >= 15 is 0 Å². The van der Waals surface area contributed by atoms with Crippen LogP contribution in [0.3, 0.4) is 0 Å². The van der Waals surface area contributed by atoms with Crippen molar-refractivity contribution in [1.29, 1.82) is 0 Å². The molecule has 2 amide bonds. The molecule has 0 aliphatic carbocycles. The first-order valence-corrected chi connectivity index (χ1v) is 26.7. The van der Waals surface area contributed by atoms with Gasteiger partial charge in [-0.3, -0.25) is 14.4 Å². The molecule has 4 aliphatic heterocycles. The number of hydrogen-bond donors (Lipinski definition) is 2. The Morgan fingerprint density at radius 3 is 1.46 bits per heavy atom. The van der Waals surface area contributed by atoms with E-state index in [9.17, 15) is 45.8 Å². The molecule has 0 spiro atoms. The van der Waals surface area contributed by atoms with Gasteiger partial charge in [-0.1, -0.05) is 119 Å². The van der Waals surface area contributed by atoms with E-state index in [1.54, 1.807) is 28.7 Å². The molecule has 4 aliphatic rings. The van der Waals surface area contributed by atoms with Crippen LogP contribution in [0.5, 0.6) is 0 Å². The Balaban J connectivity index is 0.000000170. The van der Waals surface area contributed by atoms with E-state index in [0.29, 0.717) is 23.3 Å². The third kappa shape index (κ3) is 14.8. The second-order valence-electron chi connectivity index (χ2n) is 18.6. The summed E-state index contributed by atoms with van der Waals surface area (Å²) in [5.41, 5.74) is 22.0. The van der Waals surface area contributed by atoms with Crippen LogP contribution in [0, 0.1) is 34.9 Å². The predicted molar refractivity (Wildman–Crippen MR) is 304 cm³/mol. The molecular weight excluding hydrogens is 1130 g/mol. The molecule has 10 rings (SSSR count). The smallest absolute Gasteiger partial charge is 0.377 e. The molecule has 0 saturated carbocycles. The van der Waals surface area contributed by atoms with Gasteiger partial charge in [0.05, 0.1) is 43.1 Å². The highest BCUT2D eigenvalue weighted by Crippen LogP contribution is 2.44. The number of amides is 2. The largest absolute Gasteiger partial charge is 0.437 e. The summed E-state index contributed by atoms with van der Waals surface area (Å²) in [5.74, 6) is -4.14. The van der Waals surface area contributed by atoms with Crippen molar-refractivity contribution in [2.75, 3.05) is 37.9 Å². The number of alkyl halides is 2. The zero-order chi connectivity index (χ0) is 59.0. The topological polar surface area (TPSA) is 191 Å². The molecule has 24 heteroatoms. The van der Waals surface area contributed by atoms with Gasteiger partial charge >= 0.3 is 7.05 Å². The Labute approximate surface area is 483 Å². The van der Waals surface area contributed by atoms with Crippen molar-refractivity contribution in [2.45, 2.75) is 43.1 Å². The molecule has 6 aromatic rings. The minimum Gasteiger partial charge on any atom is -0.437 e. The summed E-state index contributed by atoms with van der Waals surface area (Å²) in [6, 6.07) is 35.1. The lowest BCUT2D eigenvalue weighted by Crippen LogP contribution is -2.53. The number of rotatable bonds is 13. The average Bonchev–Trinajstić information content (AvgIpc) is 4.30. The standard InChI is InChI=1S/C19H15ClF2N4O.C19H16F2N2O.C18H17BF2N4O.C2H2Cl2O/c20-10-19(27)26-17(12-4-2-1-3-5-12)9-15(18(26)11-24-25-23)14-8-13(21)6-7-16(14)22;20-13-6-7-16(21)14(8-13)15-9-17(12-4-2-1-3-5-12)23-18(15)10-22-11-19(23)24;1-19(26)25-17(12-5-3-2-4-6-12)10-15(18(25)11-23-24-22)14-9-13(20)7-8-16(14)21;3-1-2(4)5/h1-9,17-18H,10-11H2;1-9,17-18,22H,10-11H2;2-10,17-18,26H,11H2,1H3;1H2. The summed E-state index contributed by atoms with van der Waals surface area (Å²) >= 11 is 15.3. The minimum absolute atomic E-state index is 0.00742. The van der Waals surface area contributed by atoms with Crippen LogP contribution in [-0.4, -0.2) is 99.8 Å². The van der Waals surface area contributed by atoms with Crippen molar-refractivity contribution in [3.8, 4) is 0 Å². The van der Waals surface area contributed by atoms with E-state index in [-0.39, 0.29) is 72.1 Å². The summed E-state index contributed by atoms with van der Waals surface area (Å²) in [4.78, 5) is 44.9. The molecule has 4 heterocycles. The van der Waals surface area contributed by atoms with Gasteiger partial charge in [-0.2, -0.15) is 0 Å². The summed E-state index contributed by atoms with van der Waals surface area (Å²) in [6.07, 6.45) is 5.36. The Hall–Kier alpha value is -7.84. The van der Waals surface area contributed by atoms with Crippen molar-refractivity contribution in [3.05, 3.63) is 253 Å². The van der Waals surface area contributed by atoms with Crippen LogP contribution in [0.4, 0.5) is 26.3 Å². The maximum Gasteiger partial charge on any atom is 0.377 e. The number of nitrogens with one attached hydrogen (secondary N) is 1. The predicted octanol–water partition coefficient (Wildman–Crippen LogP) is 12.9. The van der Waals surface area contributed by atoms with Crippen molar-refractivity contribution in [1.82, 2.24) is 19.9 Å². The Kier molecular flexibility index (Phi) is 22.0. The summed E-state index contributed by atoms with van der Waals surface area (Å²) in [6.45, 7) is 2.25. The second kappa shape index (κ2) is 29.2. The lowest BCUT2D eigenvalue weighted by molar-refractivity contribution is -0.134. The van der Waals surface area contributed by atoms with Gasteiger partial charge in [0.25, 0.3) is 0 Å². The molecule has 0 aromatic heterocycles. The van der Waals surface area contributed by atoms with Gasteiger partial charge in [0.1, 0.15) is 40.8 Å². The van der Waals surface area contributed by atoms with E-state index in [4.69, 9.17) is 45.9 Å². The van der Waals surface area contributed by atoms with Gasteiger partial charge in [-0.25, -0.2) is 26.3 Å². The molecule has 2 N–H and O–H groups in total. The van der Waals surface area contributed by atoms with Crippen LogP contribution < -0.4 is 5.32 Å². The number of halogens is 9. The zero-order valence-electron chi connectivity index (χ0n) is 43.5. The van der Waals surface area contributed by atoms with E-state index in [1.807, 2.05) is 97.1 Å². The quantitative estimate of drug-likeness (QED) is 0.0220. The molecule has 6 aromatic carbocycles. The number of nitrogens with zero attached hydrogens (tertiary/aromatic N) is 9. The van der Waals surface area contributed by atoms with Crippen LogP contribution in [0.25, 0.3) is 37.6 Å². The molecule has 82 heavy (non-hydrogen) atoms. The van der Waals surface area contributed by atoms with Crippen LogP contribution in [0.15, 0.2) is 174 Å². The number of azide groups is 2. The van der Waals surface area contributed by atoms with Gasteiger partial charge in [0, 0.05) is 51.7 Å². The van der Waals surface area contributed by atoms with E-state index in [0.717, 1.165) is 65.2 Å². The third-order valence-electron chi connectivity index (χ3n) is 13.7. The molecule has 1 fully saturated rings. The van der Waals surface area contributed by atoms with Crippen LogP contribution in [0.1, 0.15) is 51.5 Å². The lowest BCUT2D eigenvalue weighted by Gasteiger charge is -2.36. The highest BCUT2D eigenvalue weighted by atomic mass is 35.5. The highest BCUT2D eigenvalue weighted by molar-refractivity contribution is 6.67. The first-order valence-electron chi connectivity index (χ1n) is 25.3. The summed E-state index contributed by atoms with van der Waals surface area (Å²) in [7, 11) is -0.885. The highest BCUT2D eigenvalue weighted by Gasteiger charge is 2.43. The lowest BCUT2D eigenvalue weighted by atomic mass is 9.80. The third-order valence-corrected chi connectivity index (χ3v) is 14.4. The summed E-state index contributed by atoms with van der Waals surface area (Å²) < 4.78 is 84.2. The van der Waals surface area contributed by atoms with E-state index in [1.165, 1.54) is 11.0 Å². The molecule has 6 unspecified atom stereocenters. The average molecular weight is 1180 g/mol. The molecule has 422 valence electrons. The first kappa shape index (κ1) is 61.8. The number of carbonyl (C=O) groups is 3. The minimum atomic E-state index is -0.885. The molecule has 6 atom stereocenters. The number of fused-ring (bicyclic) bond motifs is 1. The van der Waals surface area contributed by atoms with Gasteiger partial charge in [-0.15, -0.1) is 23.2 Å². The fraction of sp³-hybridized carbons (Fsp3) is 0.224. The number of benzene rings is 6. The Bertz CT molecular complexity index is 3450. The molecule has 0 radical (unpaired) electrons. The number of hydrogen-bond acceptors (Lipinski definition) is 8. The van der Waals surface area contributed by atoms with Crippen LogP contribution >= 0.6 is 34.8 Å². The van der Waals surface area contributed by atoms with Crippen LogP contribution in [-0.2, 0) is 14.4 Å². The monoisotopic (exact) mass is 1180 g/mol. The maximum atomic E-state index is 14.4. The molecule has 1 saturated heterocycles. The van der Waals surface area contributed by atoms with Crippen molar-refractivity contribution < 1.29 is 45.8 Å². The fourth-order valence-corrected chi connectivity index (χ4v) is 10.4. The van der Waals surface area contributed by atoms with Crippen molar-refractivity contribution in [3.63, 3.8) is 0 Å². The van der Waals surface area contributed by atoms with E-state index in [2.05, 4.69) is 25.4 Å². The van der Waals surface area contributed by atoms with Crippen molar-refractivity contribution >= 4 is 75.6 Å². The molecular formula is C58H50BCl3F6N10O4. The Morgan fingerprint density at radius 2 is 1.02 bits per heavy atom. The summed E-state index contributed by atoms with van der Waals surface area (Å²) in [5, 5.41) is 20.1. The SMILES string of the molecule is CB(O)N1C(CN=[N+]=[N-])C(c2cc(F)ccc2F)=CC1c1ccccc1.O=C(Cl)CCl.O=C1CNCC2C(c3cc(F)ccc3F)=CC(c3ccccc3)N12.[N-]=[N+]=NCC1C(c2cc(F)ccc2F)=CC(c2ccccc2)N1C(=O)CCl. The fourth-order valence-electron chi connectivity index (χ4n) is 10.3. The van der Waals surface area contributed by atoms with Gasteiger partial charge in [-0.05, 0) is 117 Å². The second-order valence-corrected chi connectivity index (χ2v) is 19.6. The normalized spacial score (nSPS) is 19.7. The van der Waals surface area contributed by atoms with Gasteiger partial charge in [0.15, 0.2) is 0 Å². The zero-order valence-corrected chi connectivity index (χ0v) is 45.7. The van der Waals surface area contributed by atoms with E-state index < -0.39 is 71.2 Å². The molecule has 14 nitrogen and oxygen atoms in total. The van der Waals surface area contributed by atoms with Crippen molar-refractivity contribution in [2.24, 2.45) is 10.2 Å².